The number of rotatable bonds is 5. The smallest absolute Gasteiger partial charge is 0.223 e. The minimum absolute atomic E-state index is 0.0237. The highest BCUT2D eigenvalue weighted by Gasteiger charge is 2.26. The molecule has 4 nitrogen and oxygen atoms in total. The molecule has 1 unspecified atom stereocenters. The molecule has 2 rings (SSSR count). The van der Waals surface area contributed by atoms with Gasteiger partial charge in [0, 0.05) is 5.92 Å². The fraction of sp³-hybridized carbons (Fsp3) is 0.588. The lowest BCUT2D eigenvalue weighted by atomic mass is 9.81. The molecule has 4 heteroatoms. The zero-order valence-corrected chi connectivity index (χ0v) is 13.0. The Labute approximate surface area is 127 Å². The minimum Gasteiger partial charge on any atom is -0.497 e. The van der Waals surface area contributed by atoms with Gasteiger partial charge in [-0.2, -0.15) is 0 Å². The average Bonchev–Trinajstić information content (AvgIpc) is 2.55. The molecule has 1 saturated carbocycles. The molecule has 0 saturated heterocycles. The second-order valence-corrected chi connectivity index (χ2v) is 5.96. The molecule has 1 aliphatic carbocycles. The molecule has 0 heterocycles. The summed E-state index contributed by atoms with van der Waals surface area (Å²) in [6.45, 7) is 2.77. The minimum atomic E-state index is 0.0237. The van der Waals surface area contributed by atoms with E-state index in [4.69, 9.17) is 10.5 Å². The van der Waals surface area contributed by atoms with Crippen molar-refractivity contribution in [1.82, 2.24) is 5.32 Å². The van der Waals surface area contributed by atoms with Crippen LogP contribution in [0.4, 0.5) is 0 Å². The van der Waals surface area contributed by atoms with Crippen molar-refractivity contribution in [3.8, 4) is 5.75 Å². The van der Waals surface area contributed by atoms with E-state index in [1.54, 1.807) is 7.11 Å². The van der Waals surface area contributed by atoms with Gasteiger partial charge in [0.2, 0.25) is 5.91 Å². The van der Waals surface area contributed by atoms with E-state index in [1.165, 1.54) is 0 Å². The van der Waals surface area contributed by atoms with Crippen LogP contribution in [0.1, 0.15) is 44.2 Å². The molecule has 0 radical (unpaired) electrons. The highest BCUT2D eigenvalue weighted by molar-refractivity contribution is 5.79. The largest absolute Gasteiger partial charge is 0.497 e. The van der Waals surface area contributed by atoms with Crippen LogP contribution in [0.5, 0.6) is 5.75 Å². The molecule has 3 N–H and O–H groups in total. The summed E-state index contributed by atoms with van der Waals surface area (Å²) in [7, 11) is 1.65. The van der Waals surface area contributed by atoms with Crippen LogP contribution in [0.3, 0.4) is 0 Å². The fourth-order valence-corrected chi connectivity index (χ4v) is 2.97. The standard InChI is InChI=1S/C17H26N2O2/c1-12(14-7-9-16(21-2)10-8-14)19-17(20)15-5-3-13(11-18)4-6-15/h7-10,12-13,15H,3-6,11,18H2,1-2H3,(H,19,20). The van der Waals surface area contributed by atoms with Gasteiger partial charge in [0.1, 0.15) is 5.75 Å². The quantitative estimate of drug-likeness (QED) is 0.876. The monoisotopic (exact) mass is 290 g/mol. The van der Waals surface area contributed by atoms with Crippen LogP contribution in [-0.2, 0) is 4.79 Å². The first-order valence-electron chi connectivity index (χ1n) is 7.78. The van der Waals surface area contributed by atoms with E-state index in [0.29, 0.717) is 5.92 Å². The van der Waals surface area contributed by atoms with Crippen molar-refractivity contribution in [2.45, 2.75) is 38.6 Å². The zero-order chi connectivity index (χ0) is 15.2. The van der Waals surface area contributed by atoms with E-state index in [0.717, 1.165) is 43.5 Å². The molecule has 116 valence electrons. The molecular weight excluding hydrogens is 264 g/mol. The molecule has 21 heavy (non-hydrogen) atoms. The number of methoxy groups -OCH3 is 1. The molecule has 1 aromatic carbocycles. The topological polar surface area (TPSA) is 64.3 Å². The van der Waals surface area contributed by atoms with Gasteiger partial charge in [-0.3, -0.25) is 4.79 Å². The summed E-state index contributed by atoms with van der Waals surface area (Å²) in [6, 6.07) is 7.86. The maximum atomic E-state index is 12.3. The first-order valence-corrected chi connectivity index (χ1v) is 7.78. The van der Waals surface area contributed by atoms with Crippen LogP contribution < -0.4 is 15.8 Å². The van der Waals surface area contributed by atoms with Gasteiger partial charge < -0.3 is 15.8 Å². The van der Waals surface area contributed by atoms with Crippen molar-refractivity contribution in [1.29, 1.82) is 0 Å². The average molecular weight is 290 g/mol. The Hall–Kier alpha value is -1.55. The van der Waals surface area contributed by atoms with Gasteiger partial charge in [-0.05, 0) is 62.8 Å². The predicted molar refractivity (Wildman–Crippen MR) is 84.1 cm³/mol. The normalized spacial score (nSPS) is 23.4. The highest BCUT2D eigenvalue weighted by atomic mass is 16.5. The Bertz CT molecular complexity index is 450. The van der Waals surface area contributed by atoms with Crippen molar-refractivity contribution < 1.29 is 9.53 Å². The number of hydrogen-bond acceptors (Lipinski definition) is 3. The first-order chi connectivity index (χ1) is 10.1. The Morgan fingerprint density at radius 1 is 1.29 bits per heavy atom. The lowest BCUT2D eigenvalue weighted by Gasteiger charge is -2.28. The van der Waals surface area contributed by atoms with E-state index < -0.39 is 0 Å². The van der Waals surface area contributed by atoms with Crippen molar-refractivity contribution in [3.05, 3.63) is 29.8 Å². The van der Waals surface area contributed by atoms with Crippen LogP contribution in [-0.4, -0.2) is 19.6 Å². The van der Waals surface area contributed by atoms with Crippen molar-refractivity contribution in [2.24, 2.45) is 17.6 Å². The molecule has 1 aliphatic rings. The second kappa shape index (κ2) is 7.46. The molecule has 1 amide bonds. The van der Waals surface area contributed by atoms with Crippen LogP contribution in [0.25, 0.3) is 0 Å². The summed E-state index contributed by atoms with van der Waals surface area (Å²) in [5.74, 6) is 1.76. The number of benzene rings is 1. The van der Waals surface area contributed by atoms with Gasteiger partial charge in [0.15, 0.2) is 0 Å². The fourth-order valence-electron chi connectivity index (χ4n) is 2.97. The third-order valence-corrected chi connectivity index (χ3v) is 4.53. The van der Waals surface area contributed by atoms with Gasteiger partial charge in [-0.15, -0.1) is 0 Å². The Kier molecular flexibility index (Phi) is 5.62. The number of hydrogen-bond donors (Lipinski definition) is 2. The third-order valence-electron chi connectivity index (χ3n) is 4.53. The van der Waals surface area contributed by atoms with Crippen molar-refractivity contribution in [2.75, 3.05) is 13.7 Å². The number of nitrogens with two attached hydrogens (primary N) is 1. The van der Waals surface area contributed by atoms with Crippen LogP contribution >= 0.6 is 0 Å². The van der Waals surface area contributed by atoms with E-state index >= 15 is 0 Å². The van der Waals surface area contributed by atoms with Crippen LogP contribution in [0.2, 0.25) is 0 Å². The molecule has 0 spiro atoms. The number of amides is 1. The van der Waals surface area contributed by atoms with Crippen molar-refractivity contribution >= 4 is 5.91 Å². The Morgan fingerprint density at radius 3 is 2.43 bits per heavy atom. The third kappa shape index (κ3) is 4.21. The molecular formula is C17H26N2O2. The van der Waals surface area contributed by atoms with E-state index in [1.807, 2.05) is 31.2 Å². The molecule has 0 bridgehead atoms. The number of carbonyl (C=O) groups is 1. The van der Waals surface area contributed by atoms with Gasteiger partial charge in [-0.1, -0.05) is 12.1 Å². The van der Waals surface area contributed by atoms with E-state index in [-0.39, 0.29) is 17.9 Å². The summed E-state index contributed by atoms with van der Waals surface area (Å²) in [4.78, 5) is 12.3. The molecule has 1 atom stereocenters. The number of ether oxygens (including phenoxy) is 1. The second-order valence-electron chi connectivity index (χ2n) is 5.96. The summed E-state index contributed by atoms with van der Waals surface area (Å²) in [6.07, 6.45) is 4.07. The van der Waals surface area contributed by atoms with Gasteiger partial charge >= 0.3 is 0 Å². The van der Waals surface area contributed by atoms with Crippen molar-refractivity contribution in [3.63, 3.8) is 0 Å². The van der Waals surface area contributed by atoms with Gasteiger partial charge in [0.25, 0.3) is 0 Å². The van der Waals surface area contributed by atoms with E-state index in [2.05, 4.69) is 5.32 Å². The first kappa shape index (κ1) is 15.8. The number of nitrogens with one attached hydrogen (secondary N) is 1. The predicted octanol–water partition coefficient (Wildman–Crippen LogP) is 2.64. The van der Waals surface area contributed by atoms with Gasteiger partial charge in [0.05, 0.1) is 13.2 Å². The number of carbonyl (C=O) groups excluding carboxylic acids is 1. The van der Waals surface area contributed by atoms with Crippen LogP contribution in [0.15, 0.2) is 24.3 Å². The maximum absolute atomic E-state index is 12.3. The summed E-state index contributed by atoms with van der Waals surface area (Å²) in [5.41, 5.74) is 6.79. The highest BCUT2D eigenvalue weighted by Crippen LogP contribution is 2.29. The molecule has 0 aliphatic heterocycles. The lowest BCUT2D eigenvalue weighted by Crippen LogP contribution is -2.35. The lowest BCUT2D eigenvalue weighted by molar-refractivity contribution is -0.126. The Balaban J connectivity index is 1.86. The molecule has 1 aromatic rings. The summed E-state index contributed by atoms with van der Waals surface area (Å²) >= 11 is 0. The maximum Gasteiger partial charge on any atom is 0.223 e. The molecule has 0 aromatic heterocycles. The summed E-state index contributed by atoms with van der Waals surface area (Å²) in [5, 5.41) is 3.13. The van der Waals surface area contributed by atoms with Crippen LogP contribution in [0, 0.1) is 11.8 Å². The van der Waals surface area contributed by atoms with Gasteiger partial charge in [-0.25, -0.2) is 0 Å². The molecule has 1 fully saturated rings. The zero-order valence-electron chi connectivity index (χ0n) is 13.0. The Morgan fingerprint density at radius 2 is 1.90 bits per heavy atom. The van der Waals surface area contributed by atoms with E-state index in [9.17, 15) is 4.79 Å². The summed E-state index contributed by atoms with van der Waals surface area (Å²) < 4.78 is 5.15. The SMILES string of the molecule is COc1ccc(C(C)NC(=O)C2CCC(CN)CC2)cc1.